The molecule has 0 aromatic heterocycles. The molecule has 0 bridgehead atoms. The van der Waals surface area contributed by atoms with Crippen LogP contribution in [0.2, 0.25) is 0 Å². The molecule has 0 saturated carbocycles. The molecule has 1 aliphatic rings. The zero-order valence-electron chi connectivity index (χ0n) is 15.8. The fraction of sp³-hybridized carbons (Fsp3) is 0.600. The van der Waals surface area contributed by atoms with E-state index >= 15 is 0 Å². The third kappa shape index (κ3) is 6.77. The first-order valence-electron chi connectivity index (χ1n) is 8.99. The average molecular weight is 346 g/mol. The number of hydrogen-bond donors (Lipinski definition) is 1. The lowest BCUT2D eigenvalue weighted by Gasteiger charge is -2.33. The van der Waals surface area contributed by atoms with E-state index in [0.29, 0.717) is 19.5 Å². The molecule has 1 fully saturated rings. The quantitative estimate of drug-likeness (QED) is 0.892. The zero-order valence-corrected chi connectivity index (χ0v) is 15.8. The fourth-order valence-corrected chi connectivity index (χ4v) is 2.98. The minimum Gasteiger partial charge on any atom is -0.484 e. The van der Waals surface area contributed by atoms with Gasteiger partial charge < -0.3 is 15.0 Å². The van der Waals surface area contributed by atoms with E-state index in [1.807, 2.05) is 36.1 Å². The molecule has 1 aromatic rings. The van der Waals surface area contributed by atoms with Crippen molar-refractivity contribution in [1.29, 1.82) is 0 Å². The van der Waals surface area contributed by atoms with Crippen LogP contribution in [-0.2, 0) is 9.59 Å². The molecule has 5 heteroatoms. The summed E-state index contributed by atoms with van der Waals surface area (Å²) in [5.41, 5.74) is 1.10. The summed E-state index contributed by atoms with van der Waals surface area (Å²) in [6.45, 7) is 9.55. The summed E-state index contributed by atoms with van der Waals surface area (Å²) >= 11 is 0. The Morgan fingerprint density at radius 1 is 1.24 bits per heavy atom. The zero-order chi connectivity index (χ0) is 18.4. The van der Waals surface area contributed by atoms with Gasteiger partial charge in [0.25, 0.3) is 5.91 Å². The number of nitrogens with zero attached hydrogens (tertiary/aromatic N) is 1. The third-order valence-electron chi connectivity index (χ3n) is 4.26. The van der Waals surface area contributed by atoms with Crippen molar-refractivity contribution in [2.45, 2.75) is 53.0 Å². The predicted octanol–water partition coefficient (Wildman–Crippen LogP) is 2.92. The minimum absolute atomic E-state index is 0.000902. The Hall–Kier alpha value is -2.04. The van der Waals surface area contributed by atoms with E-state index in [-0.39, 0.29) is 29.9 Å². The number of carbonyl (C=O) groups is 2. The highest BCUT2D eigenvalue weighted by Gasteiger charge is 2.25. The van der Waals surface area contributed by atoms with Gasteiger partial charge in [-0.3, -0.25) is 9.59 Å². The van der Waals surface area contributed by atoms with Gasteiger partial charge in [-0.15, -0.1) is 0 Å². The van der Waals surface area contributed by atoms with E-state index in [4.69, 9.17) is 4.74 Å². The van der Waals surface area contributed by atoms with E-state index in [1.54, 1.807) is 0 Å². The van der Waals surface area contributed by atoms with Gasteiger partial charge in [0.2, 0.25) is 5.91 Å². The van der Waals surface area contributed by atoms with Crippen LogP contribution in [0, 0.1) is 12.3 Å². The molecule has 1 heterocycles. The minimum atomic E-state index is -0.00607. The topological polar surface area (TPSA) is 58.6 Å². The smallest absolute Gasteiger partial charge is 0.260 e. The Balaban J connectivity index is 1.72. The van der Waals surface area contributed by atoms with Crippen molar-refractivity contribution in [3.8, 4) is 5.75 Å². The Kier molecular flexibility index (Phi) is 6.45. The lowest BCUT2D eigenvalue weighted by atomic mass is 9.91. The molecule has 1 aromatic carbocycles. The van der Waals surface area contributed by atoms with E-state index in [9.17, 15) is 9.59 Å². The Morgan fingerprint density at radius 3 is 2.52 bits per heavy atom. The molecule has 0 aliphatic carbocycles. The molecule has 138 valence electrons. The second-order valence-electron chi connectivity index (χ2n) is 8.07. The molecule has 25 heavy (non-hydrogen) atoms. The fourth-order valence-electron chi connectivity index (χ4n) is 2.98. The molecule has 0 radical (unpaired) electrons. The van der Waals surface area contributed by atoms with Gasteiger partial charge in [-0.2, -0.15) is 0 Å². The highest BCUT2D eigenvalue weighted by atomic mass is 16.5. The second kappa shape index (κ2) is 8.37. The maximum Gasteiger partial charge on any atom is 0.260 e. The molecule has 0 spiro atoms. The number of aryl methyl sites for hydroxylation is 1. The lowest BCUT2D eigenvalue weighted by molar-refractivity contribution is -0.134. The van der Waals surface area contributed by atoms with Gasteiger partial charge in [0.15, 0.2) is 6.61 Å². The summed E-state index contributed by atoms with van der Waals surface area (Å²) in [5, 5.41) is 3.09. The Labute approximate surface area is 150 Å². The van der Waals surface area contributed by atoms with Crippen molar-refractivity contribution < 1.29 is 14.3 Å². The molecule has 0 atom stereocenters. The lowest BCUT2D eigenvalue weighted by Crippen LogP contribution is -2.48. The number of amides is 2. The SMILES string of the molecule is Cc1cccc(OCC(=O)N2CCC(NC(=O)CC(C)(C)C)CC2)c1. The van der Waals surface area contributed by atoms with E-state index < -0.39 is 0 Å². The van der Waals surface area contributed by atoms with Crippen LogP contribution in [-0.4, -0.2) is 42.5 Å². The van der Waals surface area contributed by atoms with E-state index in [2.05, 4.69) is 26.1 Å². The van der Waals surface area contributed by atoms with Gasteiger partial charge in [-0.05, 0) is 42.9 Å². The first-order chi connectivity index (χ1) is 11.7. The number of benzene rings is 1. The van der Waals surface area contributed by atoms with E-state index in [0.717, 1.165) is 24.2 Å². The molecule has 2 amide bonds. The summed E-state index contributed by atoms with van der Waals surface area (Å²) in [4.78, 5) is 26.1. The van der Waals surface area contributed by atoms with Crippen LogP contribution in [0.25, 0.3) is 0 Å². The number of nitrogens with one attached hydrogen (secondary N) is 1. The number of likely N-dealkylation sites (tertiary alicyclic amines) is 1. The molecular formula is C20H30N2O3. The van der Waals surface area contributed by atoms with Crippen LogP contribution in [0.15, 0.2) is 24.3 Å². The number of carbonyl (C=O) groups excluding carboxylic acids is 2. The second-order valence-corrected chi connectivity index (χ2v) is 8.07. The standard InChI is InChI=1S/C20H30N2O3/c1-15-6-5-7-17(12-15)25-14-19(24)22-10-8-16(9-11-22)21-18(23)13-20(2,3)4/h5-7,12,16H,8-11,13-14H2,1-4H3,(H,21,23). The van der Waals surface area contributed by atoms with Crippen molar-refractivity contribution in [2.75, 3.05) is 19.7 Å². The van der Waals surface area contributed by atoms with Crippen molar-refractivity contribution in [3.63, 3.8) is 0 Å². The van der Waals surface area contributed by atoms with Crippen molar-refractivity contribution in [1.82, 2.24) is 10.2 Å². The molecule has 5 nitrogen and oxygen atoms in total. The van der Waals surface area contributed by atoms with Crippen LogP contribution < -0.4 is 10.1 Å². The van der Waals surface area contributed by atoms with Crippen LogP contribution >= 0.6 is 0 Å². The van der Waals surface area contributed by atoms with E-state index in [1.165, 1.54) is 0 Å². The highest BCUT2D eigenvalue weighted by Crippen LogP contribution is 2.19. The summed E-state index contributed by atoms with van der Waals surface area (Å²) in [6, 6.07) is 7.85. The maximum atomic E-state index is 12.3. The highest BCUT2D eigenvalue weighted by molar-refractivity contribution is 5.78. The summed E-state index contributed by atoms with van der Waals surface area (Å²) < 4.78 is 5.59. The molecule has 1 N–H and O–H groups in total. The predicted molar refractivity (Wildman–Crippen MR) is 98.5 cm³/mol. The number of piperidine rings is 1. The third-order valence-corrected chi connectivity index (χ3v) is 4.26. The van der Waals surface area contributed by atoms with Gasteiger partial charge in [0.05, 0.1) is 0 Å². The Morgan fingerprint density at radius 2 is 1.92 bits per heavy atom. The summed E-state index contributed by atoms with van der Waals surface area (Å²) in [5.74, 6) is 0.818. The van der Waals surface area contributed by atoms with Crippen molar-refractivity contribution >= 4 is 11.8 Å². The first kappa shape index (κ1) is 19.3. The van der Waals surface area contributed by atoms with Crippen LogP contribution in [0.1, 0.15) is 45.6 Å². The average Bonchev–Trinajstić information content (AvgIpc) is 2.51. The van der Waals surface area contributed by atoms with Crippen molar-refractivity contribution in [3.05, 3.63) is 29.8 Å². The summed E-state index contributed by atoms with van der Waals surface area (Å²) in [6.07, 6.45) is 2.12. The monoisotopic (exact) mass is 346 g/mol. The molecular weight excluding hydrogens is 316 g/mol. The molecule has 0 unspecified atom stereocenters. The number of ether oxygens (including phenoxy) is 1. The molecule has 1 saturated heterocycles. The summed E-state index contributed by atoms with van der Waals surface area (Å²) in [7, 11) is 0. The van der Waals surface area contributed by atoms with Gasteiger partial charge in [-0.25, -0.2) is 0 Å². The molecule has 2 rings (SSSR count). The van der Waals surface area contributed by atoms with Gasteiger partial charge in [0.1, 0.15) is 5.75 Å². The number of rotatable bonds is 5. The largest absolute Gasteiger partial charge is 0.484 e. The van der Waals surface area contributed by atoms with Gasteiger partial charge in [-0.1, -0.05) is 32.9 Å². The van der Waals surface area contributed by atoms with Gasteiger partial charge in [0, 0.05) is 25.6 Å². The molecule has 1 aliphatic heterocycles. The first-order valence-corrected chi connectivity index (χ1v) is 8.99. The van der Waals surface area contributed by atoms with Crippen LogP contribution in [0.4, 0.5) is 0 Å². The Bertz CT molecular complexity index is 599. The van der Waals surface area contributed by atoms with Crippen LogP contribution in [0.3, 0.4) is 0 Å². The maximum absolute atomic E-state index is 12.3. The van der Waals surface area contributed by atoms with Crippen LogP contribution in [0.5, 0.6) is 5.75 Å². The normalized spacial score (nSPS) is 15.8. The van der Waals surface area contributed by atoms with Crippen molar-refractivity contribution in [2.24, 2.45) is 5.41 Å². The number of hydrogen-bond acceptors (Lipinski definition) is 3. The van der Waals surface area contributed by atoms with Gasteiger partial charge >= 0.3 is 0 Å².